The molecule has 0 saturated carbocycles. The summed E-state index contributed by atoms with van der Waals surface area (Å²) in [5, 5.41) is 22.8. The number of ether oxygens (including phenoxy) is 2. The fourth-order valence-electron chi connectivity index (χ4n) is 2.66. The average molecular weight is 360 g/mol. The maximum Gasteiger partial charge on any atom is 0.227 e. The van der Waals surface area contributed by atoms with Gasteiger partial charge in [0, 0.05) is 12.0 Å². The molecule has 1 aromatic carbocycles. The summed E-state index contributed by atoms with van der Waals surface area (Å²) in [6.07, 6.45) is 2.31. The van der Waals surface area contributed by atoms with E-state index in [2.05, 4.69) is 10.1 Å². The van der Waals surface area contributed by atoms with Crippen LogP contribution in [0.1, 0.15) is 24.8 Å². The van der Waals surface area contributed by atoms with Crippen LogP contribution in [-0.4, -0.2) is 51.6 Å². The Labute approximate surface area is 152 Å². The predicted octanol–water partition coefficient (Wildman–Crippen LogP) is 2.02. The molecule has 0 bridgehead atoms. The number of aryl methyl sites for hydroxylation is 2. The van der Waals surface area contributed by atoms with Crippen LogP contribution < -0.4 is 0 Å². The van der Waals surface area contributed by atoms with E-state index in [1.54, 1.807) is 12.2 Å². The molecule has 4 atom stereocenters. The van der Waals surface area contributed by atoms with Gasteiger partial charge in [-0.25, -0.2) is 0 Å². The van der Waals surface area contributed by atoms with Gasteiger partial charge in [0.2, 0.25) is 11.7 Å². The number of aromatic nitrogens is 2. The number of aliphatic hydroxyl groups excluding tert-OH is 2. The highest BCUT2D eigenvalue weighted by Crippen LogP contribution is 2.19. The molecular weight excluding hydrogens is 336 g/mol. The van der Waals surface area contributed by atoms with E-state index in [-0.39, 0.29) is 12.7 Å². The lowest BCUT2D eigenvalue weighted by atomic mass is 10.1. The first-order valence-electron chi connectivity index (χ1n) is 8.73. The molecule has 2 aromatic rings. The van der Waals surface area contributed by atoms with Crippen LogP contribution in [-0.2, 0) is 15.9 Å². The lowest BCUT2D eigenvalue weighted by Gasteiger charge is -2.29. The Morgan fingerprint density at radius 3 is 2.73 bits per heavy atom. The Morgan fingerprint density at radius 2 is 2.00 bits per heavy atom. The van der Waals surface area contributed by atoms with Gasteiger partial charge in [-0.05, 0) is 26.3 Å². The van der Waals surface area contributed by atoms with Gasteiger partial charge >= 0.3 is 0 Å². The van der Waals surface area contributed by atoms with Crippen molar-refractivity contribution in [3.05, 3.63) is 47.9 Å². The highest BCUT2D eigenvalue weighted by molar-refractivity contribution is 5.54. The van der Waals surface area contributed by atoms with Crippen LogP contribution in [0.25, 0.3) is 11.4 Å². The van der Waals surface area contributed by atoms with E-state index in [9.17, 15) is 10.2 Å². The highest BCUT2D eigenvalue weighted by Gasteiger charge is 2.26. The van der Waals surface area contributed by atoms with Gasteiger partial charge in [0.1, 0.15) is 12.2 Å². The van der Waals surface area contributed by atoms with Gasteiger partial charge in [0.25, 0.3) is 0 Å². The molecule has 0 spiro atoms. The van der Waals surface area contributed by atoms with E-state index in [1.807, 2.05) is 38.1 Å². The molecule has 0 radical (unpaired) electrons. The summed E-state index contributed by atoms with van der Waals surface area (Å²) in [7, 11) is 0. The number of hydrogen-bond donors (Lipinski definition) is 2. The van der Waals surface area contributed by atoms with Gasteiger partial charge in [0.05, 0.1) is 12.7 Å². The molecule has 26 heavy (non-hydrogen) atoms. The standard InChI is InChI=1S/C19H24N2O5/c1-12-3-6-14(7-4-12)19-20-17(26-21-19)9-5-13(2)24-18-10-8-15(23)16(11-22)25-18/h3-4,6-8,10,13,15-16,18,22-23H,5,9,11H2,1-2H3/t13-,15-,16+,18-/m0/s1. The minimum absolute atomic E-state index is 0.117. The molecule has 1 aliphatic rings. The summed E-state index contributed by atoms with van der Waals surface area (Å²) in [5.74, 6) is 1.13. The van der Waals surface area contributed by atoms with Crippen molar-refractivity contribution >= 4 is 0 Å². The lowest BCUT2D eigenvalue weighted by Crippen LogP contribution is -2.39. The number of aliphatic hydroxyl groups is 2. The molecule has 140 valence electrons. The van der Waals surface area contributed by atoms with Crippen LogP contribution in [0.3, 0.4) is 0 Å². The summed E-state index contributed by atoms with van der Waals surface area (Å²) in [6.45, 7) is 3.69. The van der Waals surface area contributed by atoms with Crippen LogP contribution in [0, 0.1) is 6.92 Å². The van der Waals surface area contributed by atoms with Crippen molar-refractivity contribution in [2.24, 2.45) is 0 Å². The fourth-order valence-corrected chi connectivity index (χ4v) is 2.66. The number of benzene rings is 1. The Morgan fingerprint density at radius 1 is 1.23 bits per heavy atom. The molecular formula is C19H24N2O5. The summed E-state index contributed by atoms with van der Waals surface area (Å²) in [6, 6.07) is 7.95. The van der Waals surface area contributed by atoms with Crippen molar-refractivity contribution in [1.82, 2.24) is 10.1 Å². The third-order valence-corrected chi connectivity index (χ3v) is 4.24. The second-order valence-electron chi connectivity index (χ2n) is 6.46. The normalized spacial score (nSPS) is 23.9. The summed E-state index contributed by atoms with van der Waals surface area (Å²) in [5.41, 5.74) is 2.10. The molecule has 2 heterocycles. The van der Waals surface area contributed by atoms with E-state index >= 15 is 0 Å². The fraction of sp³-hybridized carbons (Fsp3) is 0.474. The maximum absolute atomic E-state index is 9.63. The van der Waals surface area contributed by atoms with E-state index in [4.69, 9.17) is 14.0 Å². The molecule has 0 amide bonds. The number of hydrogen-bond acceptors (Lipinski definition) is 7. The van der Waals surface area contributed by atoms with E-state index < -0.39 is 18.5 Å². The second-order valence-corrected chi connectivity index (χ2v) is 6.46. The van der Waals surface area contributed by atoms with Crippen molar-refractivity contribution in [2.75, 3.05) is 6.61 Å². The van der Waals surface area contributed by atoms with Gasteiger partial charge < -0.3 is 24.2 Å². The molecule has 7 nitrogen and oxygen atoms in total. The summed E-state index contributed by atoms with van der Waals surface area (Å²) < 4.78 is 16.6. The second kappa shape index (κ2) is 8.55. The molecule has 7 heteroatoms. The number of rotatable bonds is 7. The van der Waals surface area contributed by atoms with Crippen molar-refractivity contribution in [1.29, 1.82) is 0 Å². The van der Waals surface area contributed by atoms with Crippen molar-refractivity contribution in [3.8, 4) is 11.4 Å². The van der Waals surface area contributed by atoms with Crippen molar-refractivity contribution < 1.29 is 24.2 Å². The largest absolute Gasteiger partial charge is 0.394 e. The molecule has 3 rings (SSSR count). The van der Waals surface area contributed by atoms with Crippen molar-refractivity contribution in [3.63, 3.8) is 0 Å². The van der Waals surface area contributed by atoms with Crippen LogP contribution >= 0.6 is 0 Å². The maximum atomic E-state index is 9.63. The Bertz CT molecular complexity index is 728. The molecule has 0 unspecified atom stereocenters. The average Bonchev–Trinajstić information content (AvgIpc) is 3.11. The smallest absolute Gasteiger partial charge is 0.227 e. The molecule has 1 aliphatic heterocycles. The van der Waals surface area contributed by atoms with E-state index in [1.165, 1.54) is 5.56 Å². The highest BCUT2D eigenvalue weighted by atomic mass is 16.7. The first kappa shape index (κ1) is 18.7. The first-order valence-corrected chi connectivity index (χ1v) is 8.73. The zero-order valence-corrected chi connectivity index (χ0v) is 14.9. The molecule has 0 aliphatic carbocycles. The van der Waals surface area contributed by atoms with Gasteiger partial charge in [-0.1, -0.05) is 41.1 Å². The van der Waals surface area contributed by atoms with Crippen LogP contribution in [0.5, 0.6) is 0 Å². The van der Waals surface area contributed by atoms with Gasteiger partial charge in [0.15, 0.2) is 6.29 Å². The third-order valence-electron chi connectivity index (χ3n) is 4.24. The lowest BCUT2D eigenvalue weighted by molar-refractivity contribution is -0.196. The minimum Gasteiger partial charge on any atom is -0.394 e. The Kier molecular flexibility index (Phi) is 6.16. The van der Waals surface area contributed by atoms with Crippen LogP contribution in [0.4, 0.5) is 0 Å². The summed E-state index contributed by atoms with van der Waals surface area (Å²) in [4.78, 5) is 4.42. The molecule has 1 aromatic heterocycles. The zero-order chi connectivity index (χ0) is 18.5. The van der Waals surface area contributed by atoms with Crippen molar-refractivity contribution in [2.45, 2.75) is 51.3 Å². The first-order chi connectivity index (χ1) is 12.5. The molecule has 0 fully saturated rings. The monoisotopic (exact) mass is 360 g/mol. The SMILES string of the molecule is Cc1ccc(-c2noc(CC[C@H](C)O[C@@H]3C=C[C@H](O)[C@@H](CO)O3)n2)cc1. The number of nitrogens with zero attached hydrogens (tertiary/aromatic N) is 2. The minimum atomic E-state index is -0.811. The predicted molar refractivity (Wildman–Crippen MR) is 94.2 cm³/mol. The van der Waals surface area contributed by atoms with Gasteiger partial charge in [-0.3, -0.25) is 0 Å². The van der Waals surface area contributed by atoms with E-state index in [0.29, 0.717) is 24.6 Å². The Balaban J connectivity index is 1.50. The van der Waals surface area contributed by atoms with E-state index in [0.717, 1.165) is 5.56 Å². The molecule has 2 N–H and O–H groups in total. The van der Waals surface area contributed by atoms with Crippen LogP contribution in [0.15, 0.2) is 40.9 Å². The van der Waals surface area contributed by atoms with Gasteiger partial charge in [-0.2, -0.15) is 4.98 Å². The topological polar surface area (TPSA) is 97.8 Å². The third kappa shape index (κ3) is 4.76. The summed E-state index contributed by atoms with van der Waals surface area (Å²) >= 11 is 0. The zero-order valence-electron chi connectivity index (χ0n) is 14.9. The Hall–Kier alpha value is -2.06. The molecule has 0 saturated heterocycles. The van der Waals surface area contributed by atoms with Gasteiger partial charge in [-0.15, -0.1) is 0 Å². The van der Waals surface area contributed by atoms with Crippen LogP contribution in [0.2, 0.25) is 0 Å². The quantitative estimate of drug-likeness (QED) is 0.729.